The minimum Gasteiger partial charge on any atom is -0.355 e. The van der Waals surface area contributed by atoms with Crippen LogP contribution in [0.3, 0.4) is 0 Å². The molecule has 0 aliphatic carbocycles. The van der Waals surface area contributed by atoms with E-state index in [4.69, 9.17) is 11.6 Å². The summed E-state index contributed by atoms with van der Waals surface area (Å²) in [4.78, 5) is 11.2. The van der Waals surface area contributed by atoms with Crippen molar-refractivity contribution in [1.82, 2.24) is 9.97 Å². The van der Waals surface area contributed by atoms with Crippen LogP contribution in [0.25, 0.3) is 10.2 Å². The zero-order valence-electron chi connectivity index (χ0n) is 10.6. The summed E-state index contributed by atoms with van der Waals surface area (Å²) in [6, 6.07) is 0. The van der Waals surface area contributed by atoms with Crippen LogP contribution >= 0.6 is 22.9 Å². The third-order valence-corrected chi connectivity index (χ3v) is 5.34. The van der Waals surface area contributed by atoms with Gasteiger partial charge in [0.05, 0.1) is 10.2 Å². The molecule has 96 valence electrons. The standard InChI is InChI=1S/C13H16ClN3S/c1-8-5-17(4-3-10(8)14)13-12-11(15-7-16-13)9(2)6-18-12/h6-8,10H,3-5H2,1-2H3. The van der Waals surface area contributed by atoms with Crippen molar-refractivity contribution in [2.24, 2.45) is 5.92 Å². The van der Waals surface area contributed by atoms with Crippen molar-refractivity contribution in [1.29, 1.82) is 0 Å². The van der Waals surface area contributed by atoms with Crippen LogP contribution in [0.2, 0.25) is 0 Å². The monoisotopic (exact) mass is 281 g/mol. The van der Waals surface area contributed by atoms with Gasteiger partial charge in [-0.3, -0.25) is 0 Å². The molecule has 0 spiro atoms. The zero-order chi connectivity index (χ0) is 12.7. The molecular weight excluding hydrogens is 266 g/mol. The molecule has 1 fully saturated rings. The van der Waals surface area contributed by atoms with Gasteiger partial charge in [0.1, 0.15) is 12.1 Å². The van der Waals surface area contributed by atoms with E-state index < -0.39 is 0 Å². The van der Waals surface area contributed by atoms with E-state index in [2.05, 4.69) is 34.1 Å². The summed E-state index contributed by atoms with van der Waals surface area (Å²) in [5.41, 5.74) is 2.32. The molecule has 0 radical (unpaired) electrons. The first-order chi connectivity index (χ1) is 8.66. The summed E-state index contributed by atoms with van der Waals surface area (Å²) in [6.45, 7) is 6.28. The number of hydrogen-bond donors (Lipinski definition) is 0. The lowest BCUT2D eigenvalue weighted by atomic mass is 9.99. The van der Waals surface area contributed by atoms with Crippen LogP contribution in [0.4, 0.5) is 5.82 Å². The number of alkyl halides is 1. The van der Waals surface area contributed by atoms with Crippen molar-refractivity contribution in [2.45, 2.75) is 25.6 Å². The number of hydrogen-bond acceptors (Lipinski definition) is 4. The molecule has 1 aliphatic heterocycles. The number of aromatic nitrogens is 2. The molecule has 2 aromatic rings. The Bertz CT molecular complexity index is 568. The Morgan fingerprint density at radius 1 is 1.44 bits per heavy atom. The Labute approximate surface area is 116 Å². The fraction of sp³-hybridized carbons (Fsp3) is 0.538. The van der Waals surface area contributed by atoms with Gasteiger partial charge in [0.25, 0.3) is 0 Å². The Morgan fingerprint density at radius 3 is 3.06 bits per heavy atom. The lowest BCUT2D eigenvalue weighted by Gasteiger charge is -2.34. The number of nitrogens with zero attached hydrogens (tertiary/aromatic N) is 3. The predicted molar refractivity (Wildman–Crippen MR) is 77.8 cm³/mol. The number of anilines is 1. The van der Waals surface area contributed by atoms with E-state index in [1.807, 2.05) is 0 Å². The lowest BCUT2D eigenvalue weighted by molar-refractivity contribution is 0.453. The average molecular weight is 282 g/mol. The molecule has 0 amide bonds. The van der Waals surface area contributed by atoms with E-state index in [-0.39, 0.29) is 0 Å². The molecule has 0 N–H and O–H groups in total. The molecule has 3 heterocycles. The highest BCUT2D eigenvalue weighted by atomic mass is 35.5. The fourth-order valence-corrected chi connectivity index (χ4v) is 3.69. The maximum absolute atomic E-state index is 6.29. The van der Waals surface area contributed by atoms with Crippen molar-refractivity contribution in [3.63, 3.8) is 0 Å². The molecular formula is C13H16ClN3S. The third-order valence-electron chi connectivity index (χ3n) is 3.61. The summed E-state index contributed by atoms with van der Waals surface area (Å²) in [7, 11) is 0. The molecule has 1 saturated heterocycles. The fourth-order valence-electron chi connectivity index (χ4n) is 2.49. The molecule has 5 heteroatoms. The van der Waals surface area contributed by atoms with Crippen LogP contribution in [-0.2, 0) is 0 Å². The van der Waals surface area contributed by atoms with Crippen LogP contribution in [0.1, 0.15) is 18.9 Å². The first-order valence-corrected chi connectivity index (χ1v) is 7.56. The second-order valence-electron chi connectivity index (χ2n) is 5.02. The van der Waals surface area contributed by atoms with Gasteiger partial charge in [0, 0.05) is 18.5 Å². The molecule has 2 unspecified atom stereocenters. The summed E-state index contributed by atoms with van der Waals surface area (Å²) >= 11 is 8.02. The average Bonchev–Trinajstić information content (AvgIpc) is 2.75. The van der Waals surface area contributed by atoms with E-state index >= 15 is 0 Å². The van der Waals surface area contributed by atoms with Crippen molar-refractivity contribution < 1.29 is 0 Å². The third kappa shape index (κ3) is 1.97. The van der Waals surface area contributed by atoms with Crippen molar-refractivity contribution in [3.05, 3.63) is 17.3 Å². The first kappa shape index (κ1) is 12.2. The lowest BCUT2D eigenvalue weighted by Crippen LogP contribution is -2.40. The number of piperidine rings is 1. The van der Waals surface area contributed by atoms with Crippen molar-refractivity contribution >= 4 is 39.0 Å². The van der Waals surface area contributed by atoms with Crippen molar-refractivity contribution in [2.75, 3.05) is 18.0 Å². The summed E-state index contributed by atoms with van der Waals surface area (Å²) in [5, 5.41) is 2.45. The number of halogens is 1. The van der Waals surface area contributed by atoms with Gasteiger partial charge < -0.3 is 4.90 Å². The second-order valence-corrected chi connectivity index (χ2v) is 6.46. The first-order valence-electron chi connectivity index (χ1n) is 6.24. The topological polar surface area (TPSA) is 29.0 Å². The largest absolute Gasteiger partial charge is 0.355 e. The predicted octanol–water partition coefficient (Wildman–Crippen LogP) is 3.45. The van der Waals surface area contributed by atoms with Crippen LogP contribution in [0.5, 0.6) is 0 Å². The minimum atomic E-state index is 0.295. The quantitative estimate of drug-likeness (QED) is 0.750. The summed E-state index contributed by atoms with van der Waals surface area (Å²) < 4.78 is 1.20. The maximum atomic E-state index is 6.29. The highest BCUT2D eigenvalue weighted by Crippen LogP contribution is 2.33. The smallest absolute Gasteiger partial charge is 0.150 e. The van der Waals surface area contributed by atoms with Gasteiger partial charge in [-0.05, 0) is 30.2 Å². The van der Waals surface area contributed by atoms with E-state index in [9.17, 15) is 0 Å². The number of thiophene rings is 1. The van der Waals surface area contributed by atoms with Gasteiger partial charge in [0.2, 0.25) is 0 Å². The second kappa shape index (κ2) is 4.67. The highest BCUT2D eigenvalue weighted by molar-refractivity contribution is 7.18. The number of rotatable bonds is 1. The normalized spacial score (nSPS) is 24.7. The van der Waals surface area contributed by atoms with E-state index in [0.29, 0.717) is 11.3 Å². The van der Waals surface area contributed by atoms with E-state index in [0.717, 1.165) is 30.8 Å². The molecule has 2 aromatic heterocycles. The van der Waals surface area contributed by atoms with E-state index in [1.54, 1.807) is 17.7 Å². The SMILES string of the molecule is Cc1csc2c(N3CCC(Cl)C(C)C3)ncnc12. The van der Waals surface area contributed by atoms with Crippen LogP contribution < -0.4 is 4.90 Å². The molecule has 2 atom stereocenters. The van der Waals surface area contributed by atoms with Crippen LogP contribution in [-0.4, -0.2) is 28.4 Å². The van der Waals surface area contributed by atoms with E-state index in [1.165, 1.54) is 10.3 Å². The number of aryl methyl sites for hydroxylation is 1. The molecule has 1 aliphatic rings. The summed E-state index contributed by atoms with van der Waals surface area (Å²) in [6.07, 6.45) is 2.70. The van der Waals surface area contributed by atoms with Gasteiger partial charge >= 0.3 is 0 Å². The summed E-state index contributed by atoms with van der Waals surface area (Å²) in [5.74, 6) is 1.58. The molecule has 0 bridgehead atoms. The minimum absolute atomic E-state index is 0.295. The Balaban J connectivity index is 1.99. The van der Waals surface area contributed by atoms with Gasteiger partial charge in [-0.1, -0.05) is 6.92 Å². The molecule has 3 rings (SSSR count). The molecule has 18 heavy (non-hydrogen) atoms. The molecule has 0 saturated carbocycles. The maximum Gasteiger partial charge on any atom is 0.150 e. The van der Waals surface area contributed by atoms with Crippen LogP contribution in [0, 0.1) is 12.8 Å². The van der Waals surface area contributed by atoms with Gasteiger partial charge in [-0.15, -0.1) is 22.9 Å². The van der Waals surface area contributed by atoms with Gasteiger partial charge in [-0.25, -0.2) is 9.97 Å². The van der Waals surface area contributed by atoms with Gasteiger partial charge in [0.15, 0.2) is 0 Å². The molecule has 3 nitrogen and oxygen atoms in total. The van der Waals surface area contributed by atoms with Crippen LogP contribution in [0.15, 0.2) is 11.7 Å². The Morgan fingerprint density at radius 2 is 2.28 bits per heavy atom. The van der Waals surface area contributed by atoms with Gasteiger partial charge in [-0.2, -0.15) is 0 Å². The Hall–Kier alpha value is -0.870. The zero-order valence-corrected chi connectivity index (χ0v) is 12.1. The number of fused-ring (bicyclic) bond motifs is 1. The van der Waals surface area contributed by atoms with Crippen molar-refractivity contribution in [3.8, 4) is 0 Å². The Kier molecular flexibility index (Phi) is 3.16. The highest BCUT2D eigenvalue weighted by Gasteiger charge is 2.26. The molecule has 0 aromatic carbocycles.